The molecule has 1 aromatic heterocycles. The second-order valence-corrected chi connectivity index (χ2v) is 5.33. The summed E-state index contributed by atoms with van der Waals surface area (Å²) in [4.78, 5) is 4.44. The molecule has 0 aromatic carbocycles. The fourth-order valence-electron chi connectivity index (χ4n) is 2.28. The van der Waals surface area contributed by atoms with Crippen molar-refractivity contribution in [3.63, 3.8) is 0 Å². The zero-order chi connectivity index (χ0) is 11.2. The summed E-state index contributed by atoms with van der Waals surface area (Å²) in [5, 5.41) is 3.62. The van der Waals surface area contributed by atoms with Crippen LogP contribution < -0.4 is 5.32 Å². The normalized spacial score (nSPS) is 18.3. The van der Waals surface area contributed by atoms with Gasteiger partial charge in [-0.05, 0) is 40.9 Å². The van der Waals surface area contributed by atoms with Crippen LogP contribution in [-0.2, 0) is 6.54 Å². The van der Waals surface area contributed by atoms with Crippen molar-refractivity contribution in [2.24, 2.45) is 0 Å². The lowest BCUT2D eigenvalue weighted by Gasteiger charge is -2.15. The largest absolute Gasteiger partial charge is 0.308 e. The van der Waals surface area contributed by atoms with E-state index < -0.39 is 0 Å². The smallest absolute Gasteiger partial charge is 0.106 e. The average Bonchev–Trinajstić information content (AvgIpc) is 2.55. The van der Waals surface area contributed by atoms with Crippen molar-refractivity contribution >= 4 is 15.9 Å². The van der Waals surface area contributed by atoms with Gasteiger partial charge in [0.2, 0.25) is 0 Å². The molecule has 0 saturated heterocycles. The molecule has 1 aliphatic carbocycles. The molecule has 1 saturated carbocycles. The molecule has 1 N–H and O–H groups in total. The third-order valence-electron chi connectivity index (χ3n) is 3.20. The van der Waals surface area contributed by atoms with Gasteiger partial charge in [0.1, 0.15) is 4.60 Å². The number of pyridine rings is 1. The molecule has 1 aliphatic rings. The number of nitrogens with one attached hydrogen (secondary N) is 1. The molecule has 3 heteroatoms. The predicted octanol–water partition coefficient (Wildman–Crippen LogP) is 3.66. The number of hydrogen-bond donors (Lipinski definition) is 1. The van der Waals surface area contributed by atoms with Crippen LogP contribution in [0.1, 0.15) is 44.2 Å². The molecule has 0 bridgehead atoms. The van der Waals surface area contributed by atoms with E-state index in [1.807, 2.05) is 12.1 Å². The van der Waals surface area contributed by atoms with Gasteiger partial charge in [0.05, 0.1) is 5.69 Å². The molecular weight excluding hydrogens is 264 g/mol. The molecule has 0 spiro atoms. The van der Waals surface area contributed by atoms with E-state index in [9.17, 15) is 0 Å². The van der Waals surface area contributed by atoms with E-state index in [2.05, 4.69) is 32.3 Å². The van der Waals surface area contributed by atoms with Gasteiger partial charge in [-0.1, -0.05) is 31.7 Å². The summed E-state index contributed by atoms with van der Waals surface area (Å²) < 4.78 is 0.924. The fraction of sp³-hybridized carbons (Fsp3) is 0.615. The fourth-order valence-corrected chi connectivity index (χ4v) is 2.66. The number of halogens is 1. The minimum atomic E-state index is 0.697. The Morgan fingerprint density at radius 1 is 1.19 bits per heavy atom. The van der Waals surface area contributed by atoms with Crippen molar-refractivity contribution < 1.29 is 0 Å². The predicted molar refractivity (Wildman–Crippen MR) is 70.3 cm³/mol. The molecule has 88 valence electrons. The van der Waals surface area contributed by atoms with Crippen LogP contribution in [0.3, 0.4) is 0 Å². The van der Waals surface area contributed by atoms with Gasteiger partial charge in [-0.3, -0.25) is 0 Å². The summed E-state index contributed by atoms with van der Waals surface area (Å²) in [5.74, 6) is 0. The van der Waals surface area contributed by atoms with Gasteiger partial charge in [0, 0.05) is 12.6 Å². The lowest BCUT2D eigenvalue weighted by Crippen LogP contribution is -2.28. The van der Waals surface area contributed by atoms with Crippen LogP contribution in [0.15, 0.2) is 22.8 Å². The van der Waals surface area contributed by atoms with Crippen LogP contribution in [0.25, 0.3) is 0 Å². The molecular formula is C13H19BrN2. The number of hydrogen-bond acceptors (Lipinski definition) is 2. The summed E-state index contributed by atoms with van der Waals surface area (Å²) in [7, 11) is 0. The SMILES string of the molecule is Brc1cccc(CNC2CCCCCC2)n1. The van der Waals surface area contributed by atoms with E-state index in [1.165, 1.54) is 38.5 Å². The first kappa shape index (κ1) is 12.1. The minimum Gasteiger partial charge on any atom is -0.308 e. The van der Waals surface area contributed by atoms with Gasteiger partial charge in [-0.2, -0.15) is 0 Å². The van der Waals surface area contributed by atoms with Crippen LogP contribution in [0, 0.1) is 0 Å². The van der Waals surface area contributed by atoms with Crippen LogP contribution in [0.5, 0.6) is 0 Å². The maximum atomic E-state index is 4.44. The third kappa shape index (κ3) is 3.87. The quantitative estimate of drug-likeness (QED) is 0.676. The molecule has 16 heavy (non-hydrogen) atoms. The van der Waals surface area contributed by atoms with E-state index >= 15 is 0 Å². The molecule has 1 heterocycles. The van der Waals surface area contributed by atoms with E-state index in [0.29, 0.717) is 6.04 Å². The number of aromatic nitrogens is 1. The van der Waals surface area contributed by atoms with Crippen molar-refractivity contribution in [2.45, 2.75) is 51.1 Å². The zero-order valence-corrected chi connectivity index (χ0v) is 11.2. The molecule has 0 amide bonds. The van der Waals surface area contributed by atoms with E-state index in [0.717, 1.165) is 16.8 Å². The summed E-state index contributed by atoms with van der Waals surface area (Å²) >= 11 is 3.40. The second-order valence-electron chi connectivity index (χ2n) is 4.52. The van der Waals surface area contributed by atoms with Crippen molar-refractivity contribution in [1.29, 1.82) is 0 Å². The highest BCUT2D eigenvalue weighted by Crippen LogP contribution is 2.17. The maximum absolute atomic E-state index is 4.44. The molecule has 0 aliphatic heterocycles. The topological polar surface area (TPSA) is 24.9 Å². The molecule has 0 atom stereocenters. The van der Waals surface area contributed by atoms with Gasteiger partial charge in [-0.25, -0.2) is 4.98 Å². The summed E-state index contributed by atoms with van der Waals surface area (Å²) in [6.07, 6.45) is 8.23. The minimum absolute atomic E-state index is 0.697. The van der Waals surface area contributed by atoms with Crippen LogP contribution in [-0.4, -0.2) is 11.0 Å². The van der Waals surface area contributed by atoms with Crippen LogP contribution >= 0.6 is 15.9 Å². The Hall–Kier alpha value is -0.410. The van der Waals surface area contributed by atoms with E-state index in [1.54, 1.807) is 0 Å². The van der Waals surface area contributed by atoms with Crippen molar-refractivity contribution in [1.82, 2.24) is 10.3 Å². The Morgan fingerprint density at radius 2 is 1.94 bits per heavy atom. The van der Waals surface area contributed by atoms with Gasteiger partial charge >= 0.3 is 0 Å². The summed E-state index contributed by atoms with van der Waals surface area (Å²) in [6, 6.07) is 6.79. The second kappa shape index (κ2) is 6.36. The number of rotatable bonds is 3. The van der Waals surface area contributed by atoms with E-state index in [-0.39, 0.29) is 0 Å². The van der Waals surface area contributed by atoms with Gasteiger partial charge < -0.3 is 5.32 Å². The molecule has 0 radical (unpaired) electrons. The monoisotopic (exact) mass is 282 g/mol. The zero-order valence-electron chi connectivity index (χ0n) is 9.58. The van der Waals surface area contributed by atoms with Gasteiger partial charge in [0.15, 0.2) is 0 Å². The Balaban J connectivity index is 1.81. The molecule has 0 unspecified atom stereocenters. The molecule has 2 rings (SSSR count). The first-order valence-corrected chi connectivity index (χ1v) is 6.99. The summed E-state index contributed by atoms with van der Waals surface area (Å²) in [6.45, 7) is 0.893. The Kier molecular flexibility index (Phi) is 4.79. The highest BCUT2D eigenvalue weighted by molar-refractivity contribution is 9.10. The van der Waals surface area contributed by atoms with Crippen LogP contribution in [0.4, 0.5) is 0 Å². The molecule has 1 aromatic rings. The van der Waals surface area contributed by atoms with Gasteiger partial charge in [-0.15, -0.1) is 0 Å². The lowest BCUT2D eigenvalue weighted by atomic mass is 10.1. The lowest BCUT2D eigenvalue weighted by molar-refractivity contribution is 0.456. The van der Waals surface area contributed by atoms with Gasteiger partial charge in [0.25, 0.3) is 0 Å². The first-order chi connectivity index (χ1) is 7.84. The van der Waals surface area contributed by atoms with Crippen molar-refractivity contribution in [3.8, 4) is 0 Å². The van der Waals surface area contributed by atoms with E-state index in [4.69, 9.17) is 0 Å². The maximum Gasteiger partial charge on any atom is 0.106 e. The standard InChI is InChI=1S/C13H19BrN2/c14-13-9-5-8-12(16-13)10-15-11-6-3-1-2-4-7-11/h5,8-9,11,15H,1-4,6-7,10H2. The number of nitrogens with zero attached hydrogens (tertiary/aromatic N) is 1. The molecule has 2 nitrogen and oxygen atoms in total. The highest BCUT2D eigenvalue weighted by Gasteiger charge is 2.11. The first-order valence-electron chi connectivity index (χ1n) is 6.19. The molecule has 1 fully saturated rings. The van der Waals surface area contributed by atoms with Crippen molar-refractivity contribution in [3.05, 3.63) is 28.5 Å². The Morgan fingerprint density at radius 3 is 2.62 bits per heavy atom. The average molecular weight is 283 g/mol. The third-order valence-corrected chi connectivity index (χ3v) is 3.64. The Bertz CT molecular complexity index is 319. The van der Waals surface area contributed by atoms with Crippen molar-refractivity contribution in [2.75, 3.05) is 0 Å². The Labute approximate surface area is 106 Å². The van der Waals surface area contributed by atoms with Crippen LogP contribution in [0.2, 0.25) is 0 Å². The highest BCUT2D eigenvalue weighted by atomic mass is 79.9. The summed E-state index contributed by atoms with van der Waals surface area (Å²) in [5.41, 5.74) is 1.12.